The zero-order valence-electron chi connectivity index (χ0n) is 14.0. The Morgan fingerprint density at radius 1 is 1.21 bits per heavy atom. The molecule has 1 aromatic rings. The topological polar surface area (TPSA) is 99.1 Å². The van der Waals surface area contributed by atoms with Crippen LogP contribution < -0.4 is 9.47 Å². The summed E-state index contributed by atoms with van der Waals surface area (Å²) < 4.78 is 16.1. The molecule has 0 saturated heterocycles. The molecule has 1 aromatic carbocycles. The number of benzene rings is 1. The van der Waals surface area contributed by atoms with Crippen LogP contribution in [0.1, 0.15) is 26.7 Å². The summed E-state index contributed by atoms with van der Waals surface area (Å²) in [5.74, 6) is -3.94. The van der Waals surface area contributed by atoms with Crippen LogP contribution in [0.2, 0.25) is 0 Å². The Bertz CT molecular complexity index is 561. The Balaban J connectivity index is 3.01. The average molecular weight is 338 g/mol. The number of aldehydes is 1. The van der Waals surface area contributed by atoms with E-state index >= 15 is 0 Å². The number of rotatable bonds is 11. The minimum Gasteiger partial charge on any atom is -0.486 e. The van der Waals surface area contributed by atoms with E-state index in [0.29, 0.717) is 17.8 Å². The van der Waals surface area contributed by atoms with E-state index in [-0.39, 0.29) is 19.4 Å². The van der Waals surface area contributed by atoms with Gasteiger partial charge in [0.2, 0.25) is 5.78 Å². The van der Waals surface area contributed by atoms with E-state index < -0.39 is 23.5 Å². The van der Waals surface area contributed by atoms with E-state index in [1.165, 1.54) is 7.11 Å². The van der Waals surface area contributed by atoms with Crippen molar-refractivity contribution in [2.24, 2.45) is 5.92 Å². The van der Waals surface area contributed by atoms with Crippen LogP contribution in [0, 0.1) is 5.92 Å². The summed E-state index contributed by atoms with van der Waals surface area (Å²) in [5.41, 5.74) is 0. The number of aliphatic carboxylic acids is 1. The predicted molar refractivity (Wildman–Crippen MR) is 85.1 cm³/mol. The molecule has 0 aliphatic carbocycles. The van der Waals surface area contributed by atoms with E-state index in [2.05, 4.69) is 0 Å². The highest BCUT2D eigenvalue weighted by atomic mass is 16.7. The van der Waals surface area contributed by atoms with Gasteiger partial charge in [0.15, 0.2) is 6.29 Å². The molecule has 0 saturated carbocycles. The highest BCUT2D eigenvalue weighted by Gasteiger charge is 2.45. The molecule has 1 N–H and O–H groups in total. The lowest BCUT2D eigenvalue weighted by Gasteiger charge is -2.32. The van der Waals surface area contributed by atoms with Crippen molar-refractivity contribution in [3.8, 4) is 11.5 Å². The Kier molecular flexibility index (Phi) is 7.38. The van der Waals surface area contributed by atoms with Crippen LogP contribution in [-0.2, 0) is 19.1 Å². The summed E-state index contributed by atoms with van der Waals surface area (Å²) in [6.45, 7) is 3.23. The summed E-state index contributed by atoms with van der Waals surface area (Å²) in [5, 5.41) is 9.21. The fraction of sp³-hybridized carbons (Fsp3) is 0.471. The lowest BCUT2D eigenvalue weighted by atomic mass is 9.93. The molecular weight excluding hydrogens is 316 g/mol. The highest BCUT2D eigenvalue weighted by molar-refractivity contribution is 6.02. The molecule has 7 heteroatoms. The first-order valence-electron chi connectivity index (χ1n) is 7.61. The Morgan fingerprint density at radius 3 is 2.21 bits per heavy atom. The monoisotopic (exact) mass is 338 g/mol. The van der Waals surface area contributed by atoms with Crippen molar-refractivity contribution in [2.45, 2.75) is 32.5 Å². The van der Waals surface area contributed by atoms with Gasteiger partial charge in [0.1, 0.15) is 24.0 Å². The number of carboxylic acids is 1. The molecule has 2 atom stereocenters. The smallest absolute Gasteiger partial charge is 0.314 e. The third-order valence-corrected chi connectivity index (χ3v) is 3.62. The van der Waals surface area contributed by atoms with E-state index in [1.54, 1.807) is 38.1 Å². The lowest BCUT2D eigenvalue weighted by molar-refractivity contribution is -0.191. The predicted octanol–water partition coefficient (Wildman–Crippen LogP) is 2.08. The second kappa shape index (κ2) is 9.02. The Morgan fingerprint density at radius 2 is 1.79 bits per heavy atom. The second-order valence-corrected chi connectivity index (χ2v) is 5.03. The minimum absolute atomic E-state index is 0.0630. The van der Waals surface area contributed by atoms with Gasteiger partial charge in [-0.15, -0.1) is 0 Å². The normalized spacial score (nSPS) is 14.3. The maximum absolute atomic E-state index is 12.6. The van der Waals surface area contributed by atoms with E-state index in [4.69, 9.17) is 14.2 Å². The van der Waals surface area contributed by atoms with Gasteiger partial charge in [0.05, 0.1) is 0 Å². The number of methoxy groups -OCH3 is 1. The molecule has 0 spiro atoms. The molecule has 0 radical (unpaired) electrons. The zero-order valence-corrected chi connectivity index (χ0v) is 14.0. The van der Waals surface area contributed by atoms with Crippen LogP contribution in [0.25, 0.3) is 0 Å². The first kappa shape index (κ1) is 19.6. The molecule has 1 rings (SSSR count). The number of ether oxygens (including phenoxy) is 3. The van der Waals surface area contributed by atoms with Crippen molar-refractivity contribution in [1.29, 1.82) is 0 Å². The standard InChI is InChI=1S/C17H22O7/c1-4-14(16(20)21)15(19)17(5-2,22-3)24-13-8-6-12(7-9-13)23-11-10-18/h6-10,14H,4-5,11H2,1-3H3,(H,20,21). The number of hydrogen-bond acceptors (Lipinski definition) is 6. The zero-order chi connectivity index (χ0) is 18.2. The van der Waals surface area contributed by atoms with E-state index in [0.717, 1.165) is 0 Å². The SMILES string of the molecule is CCC(C(=O)O)C(=O)C(CC)(OC)Oc1ccc(OCC=O)cc1. The van der Waals surface area contributed by atoms with Crippen molar-refractivity contribution in [3.05, 3.63) is 24.3 Å². The highest BCUT2D eigenvalue weighted by Crippen LogP contribution is 2.28. The maximum atomic E-state index is 12.6. The quantitative estimate of drug-likeness (QED) is 0.374. The van der Waals surface area contributed by atoms with Crippen LogP contribution >= 0.6 is 0 Å². The van der Waals surface area contributed by atoms with Gasteiger partial charge in [-0.25, -0.2) is 0 Å². The van der Waals surface area contributed by atoms with Crippen LogP contribution in [0.5, 0.6) is 11.5 Å². The van der Waals surface area contributed by atoms with Gasteiger partial charge in [-0.2, -0.15) is 0 Å². The van der Waals surface area contributed by atoms with Gasteiger partial charge in [-0.3, -0.25) is 14.4 Å². The van der Waals surface area contributed by atoms with Crippen molar-refractivity contribution in [1.82, 2.24) is 0 Å². The van der Waals surface area contributed by atoms with Crippen LogP contribution in [0.4, 0.5) is 0 Å². The summed E-state index contributed by atoms with van der Waals surface area (Å²) in [6.07, 6.45) is 0.920. The number of Topliss-reactive ketones (excluding diaryl/α,β-unsaturated/α-hetero) is 1. The molecular formula is C17H22O7. The van der Waals surface area contributed by atoms with Crippen molar-refractivity contribution < 1.29 is 33.7 Å². The van der Waals surface area contributed by atoms with Gasteiger partial charge in [0, 0.05) is 13.5 Å². The van der Waals surface area contributed by atoms with Gasteiger partial charge in [0.25, 0.3) is 5.79 Å². The van der Waals surface area contributed by atoms with Gasteiger partial charge < -0.3 is 19.3 Å². The molecule has 7 nitrogen and oxygen atoms in total. The third kappa shape index (κ3) is 4.55. The molecule has 0 fully saturated rings. The number of carbonyl (C=O) groups excluding carboxylic acids is 2. The molecule has 0 amide bonds. The number of carbonyl (C=O) groups is 3. The van der Waals surface area contributed by atoms with E-state index in [9.17, 15) is 19.5 Å². The number of ketones is 1. The number of hydrogen-bond donors (Lipinski definition) is 1. The minimum atomic E-state index is -1.68. The van der Waals surface area contributed by atoms with Gasteiger partial charge in [-0.1, -0.05) is 13.8 Å². The summed E-state index contributed by atoms with van der Waals surface area (Å²) in [4.78, 5) is 34.2. The van der Waals surface area contributed by atoms with Crippen molar-refractivity contribution >= 4 is 18.0 Å². The van der Waals surface area contributed by atoms with Crippen molar-refractivity contribution in [2.75, 3.05) is 13.7 Å². The summed E-state index contributed by atoms with van der Waals surface area (Å²) in [6, 6.07) is 6.26. The fourth-order valence-electron chi connectivity index (χ4n) is 2.25. The Labute approximate surface area is 140 Å². The van der Waals surface area contributed by atoms with Crippen LogP contribution in [0.15, 0.2) is 24.3 Å². The third-order valence-electron chi connectivity index (χ3n) is 3.62. The maximum Gasteiger partial charge on any atom is 0.314 e. The van der Waals surface area contributed by atoms with Gasteiger partial charge in [-0.05, 0) is 30.7 Å². The van der Waals surface area contributed by atoms with Crippen LogP contribution in [0.3, 0.4) is 0 Å². The van der Waals surface area contributed by atoms with E-state index in [1.807, 2.05) is 0 Å². The summed E-state index contributed by atoms with van der Waals surface area (Å²) in [7, 11) is 1.30. The molecule has 0 bridgehead atoms. The Hall–Kier alpha value is -2.41. The molecule has 0 aromatic heterocycles. The van der Waals surface area contributed by atoms with Crippen molar-refractivity contribution in [3.63, 3.8) is 0 Å². The molecule has 24 heavy (non-hydrogen) atoms. The van der Waals surface area contributed by atoms with Gasteiger partial charge >= 0.3 is 5.97 Å². The second-order valence-electron chi connectivity index (χ2n) is 5.03. The molecule has 2 unspecified atom stereocenters. The first-order chi connectivity index (χ1) is 11.4. The largest absolute Gasteiger partial charge is 0.486 e. The van der Waals surface area contributed by atoms with Crippen LogP contribution in [-0.4, -0.2) is 42.6 Å². The molecule has 0 aliphatic heterocycles. The molecule has 0 heterocycles. The fourth-order valence-corrected chi connectivity index (χ4v) is 2.25. The summed E-state index contributed by atoms with van der Waals surface area (Å²) >= 11 is 0. The molecule has 132 valence electrons. The first-order valence-corrected chi connectivity index (χ1v) is 7.61. The lowest BCUT2D eigenvalue weighted by Crippen LogP contribution is -2.50. The number of carboxylic acid groups (broad SMARTS) is 1. The average Bonchev–Trinajstić information content (AvgIpc) is 2.59. The molecule has 0 aliphatic rings.